The maximum Gasteiger partial charge on any atom is 0.179 e. The summed E-state index contributed by atoms with van der Waals surface area (Å²) in [5, 5.41) is 7.66. The fraction of sp³-hybridized carbons (Fsp3) is 0.522. The van der Waals surface area contributed by atoms with Crippen molar-refractivity contribution < 1.29 is 9.47 Å². The number of nitrogens with zero attached hydrogens (tertiary/aromatic N) is 5. The summed E-state index contributed by atoms with van der Waals surface area (Å²) >= 11 is 0. The molecular formula is C23H29N7O2. The number of anilines is 2. The number of para-hydroxylation sites is 1. The highest BCUT2D eigenvalue weighted by molar-refractivity contribution is 5.84. The molecule has 3 aromatic rings. The maximum absolute atomic E-state index is 6.46. The van der Waals surface area contributed by atoms with E-state index in [1.165, 1.54) is 0 Å². The Morgan fingerprint density at radius 1 is 1.16 bits per heavy atom. The fourth-order valence-corrected chi connectivity index (χ4v) is 5.31. The summed E-state index contributed by atoms with van der Waals surface area (Å²) in [6, 6.07) is 8.26. The molecule has 6 rings (SSSR count). The third-order valence-corrected chi connectivity index (χ3v) is 7.42. The van der Waals surface area contributed by atoms with Gasteiger partial charge in [0.2, 0.25) is 0 Å². The van der Waals surface area contributed by atoms with E-state index in [4.69, 9.17) is 25.2 Å². The van der Waals surface area contributed by atoms with Crippen molar-refractivity contribution in [2.75, 3.05) is 42.6 Å². The van der Waals surface area contributed by atoms with Crippen LogP contribution in [0, 0.1) is 5.41 Å². The van der Waals surface area contributed by atoms with Crippen molar-refractivity contribution in [2.24, 2.45) is 11.1 Å². The molecule has 0 aliphatic carbocycles. The molecule has 1 aromatic carbocycles. The van der Waals surface area contributed by atoms with E-state index in [1.54, 1.807) is 0 Å². The third-order valence-electron chi connectivity index (χ3n) is 7.42. The summed E-state index contributed by atoms with van der Waals surface area (Å²) in [7, 11) is 0. The molecule has 0 bridgehead atoms. The summed E-state index contributed by atoms with van der Waals surface area (Å²) in [5.74, 6) is 2.64. The zero-order valence-corrected chi connectivity index (χ0v) is 18.3. The molecule has 0 saturated carbocycles. The number of rotatable bonds is 2. The van der Waals surface area contributed by atoms with Crippen molar-refractivity contribution in [1.29, 1.82) is 0 Å². The van der Waals surface area contributed by atoms with Gasteiger partial charge in [-0.2, -0.15) is 5.10 Å². The highest BCUT2D eigenvalue weighted by Gasteiger charge is 2.47. The van der Waals surface area contributed by atoms with E-state index in [1.807, 2.05) is 24.4 Å². The lowest BCUT2D eigenvalue weighted by Gasteiger charge is -2.41. The number of piperidine rings is 1. The zero-order chi connectivity index (χ0) is 21.7. The molecule has 2 aromatic heterocycles. The molecule has 0 radical (unpaired) electrons. The van der Waals surface area contributed by atoms with E-state index < -0.39 is 0 Å². The third kappa shape index (κ3) is 3.18. The first kappa shape index (κ1) is 19.8. The van der Waals surface area contributed by atoms with Crippen LogP contribution >= 0.6 is 0 Å². The molecule has 2 atom stereocenters. The fourth-order valence-electron chi connectivity index (χ4n) is 5.31. The van der Waals surface area contributed by atoms with Gasteiger partial charge in [-0.1, -0.05) is 18.2 Å². The van der Waals surface area contributed by atoms with Crippen molar-refractivity contribution >= 4 is 22.8 Å². The quantitative estimate of drug-likeness (QED) is 0.630. The van der Waals surface area contributed by atoms with Gasteiger partial charge in [0, 0.05) is 36.7 Å². The number of H-pyrrole nitrogens is 1. The van der Waals surface area contributed by atoms with Crippen LogP contribution in [0.5, 0.6) is 5.75 Å². The van der Waals surface area contributed by atoms with Gasteiger partial charge in [-0.15, -0.1) is 0 Å². The van der Waals surface area contributed by atoms with Crippen LogP contribution in [-0.4, -0.2) is 65.2 Å². The Kier molecular flexibility index (Phi) is 4.69. The highest BCUT2D eigenvalue weighted by Crippen LogP contribution is 2.41. The maximum atomic E-state index is 6.46. The average molecular weight is 436 g/mol. The molecule has 168 valence electrons. The lowest BCUT2D eigenvalue weighted by atomic mass is 9.73. The van der Waals surface area contributed by atoms with Crippen molar-refractivity contribution in [2.45, 2.75) is 38.5 Å². The summed E-state index contributed by atoms with van der Waals surface area (Å²) in [6.45, 7) is 6.74. The number of hydrogen-bond donors (Lipinski definition) is 2. The van der Waals surface area contributed by atoms with Gasteiger partial charge < -0.3 is 25.0 Å². The molecule has 5 heterocycles. The summed E-state index contributed by atoms with van der Waals surface area (Å²) in [4.78, 5) is 14.1. The summed E-state index contributed by atoms with van der Waals surface area (Å²) in [6.07, 6.45) is 4.03. The lowest BCUT2D eigenvalue weighted by molar-refractivity contribution is 0.0974. The number of fused-ring (bicyclic) bond motifs is 2. The Hall–Kier alpha value is -2.91. The van der Waals surface area contributed by atoms with Gasteiger partial charge in [-0.3, -0.25) is 5.10 Å². The van der Waals surface area contributed by atoms with Crippen LogP contribution in [0.3, 0.4) is 0 Å². The SMILES string of the molecule is C[C@@H]1OCC2(CCN(c3cnc4c(N5CCOc6ccccc6C5)n[nH]c4n3)CC2)[C@@H]1N. The number of nitrogens with two attached hydrogens (primary N) is 1. The van der Waals surface area contributed by atoms with Gasteiger partial charge in [-0.05, 0) is 25.8 Å². The minimum absolute atomic E-state index is 0.0970. The second kappa shape index (κ2) is 7.60. The van der Waals surface area contributed by atoms with Gasteiger partial charge in [0.1, 0.15) is 18.2 Å². The molecule has 9 nitrogen and oxygen atoms in total. The van der Waals surface area contributed by atoms with Crippen LogP contribution in [0.15, 0.2) is 30.5 Å². The Morgan fingerprint density at radius 2 is 2.00 bits per heavy atom. The predicted molar refractivity (Wildman–Crippen MR) is 122 cm³/mol. The highest BCUT2D eigenvalue weighted by atomic mass is 16.5. The minimum Gasteiger partial charge on any atom is -0.491 e. The summed E-state index contributed by atoms with van der Waals surface area (Å²) < 4.78 is 11.8. The van der Waals surface area contributed by atoms with E-state index in [9.17, 15) is 0 Å². The van der Waals surface area contributed by atoms with Crippen LogP contribution in [-0.2, 0) is 11.3 Å². The van der Waals surface area contributed by atoms with Crippen molar-refractivity contribution in [3.8, 4) is 5.75 Å². The van der Waals surface area contributed by atoms with Crippen LogP contribution in [0.1, 0.15) is 25.3 Å². The van der Waals surface area contributed by atoms with E-state index in [2.05, 4.69) is 33.0 Å². The molecule has 3 N–H and O–H groups in total. The van der Waals surface area contributed by atoms with Gasteiger partial charge >= 0.3 is 0 Å². The molecule has 2 saturated heterocycles. The van der Waals surface area contributed by atoms with E-state index in [-0.39, 0.29) is 17.6 Å². The number of nitrogens with one attached hydrogen (secondary N) is 1. The first-order valence-electron chi connectivity index (χ1n) is 11.4. The number of hydrogen-bond acceptors (Lipinski definition) is 8. The van der Waals surface area contributed by atoms with E-state index in [0.29, 0.717) is 12.3 Å². The molecule has 3 aliphatic rings. The largest absolute Gasteiger partial charge is 0.491 e. The Labute approximate surface area is 186 Å². The Bertz CT molecular complexity index is 1120. The molecule has 0 amide bonds. The smallest absolute Gasteiger partial charge is 0.179 e. The standard InChI is InChI=1S/C23H29N7O2/c1-15-20(24)23(14-32-15)6-8-29(9-7-23)18-12-25-19-21(26-18)27-28-22(19)30-10-11-31-17-5-3-2-4-16(17)13-30/h2-5,12,15,20H,6-11,13-14,24H2,1H3,(H,26,27,28)/t15-,20+/m0/s1. The van der Waals surface area contributed by atoms with Crippen LogP contribution in [0.25, 0.3) is 11.2 Å². The first-order valence-corrected chi connectivity index (χ1v) is 11.4. The molecule has 32 heavy (non-hydrogen) atoms. The number of aromatic nitrogens is 4. The summed E-state index contributed by atoms with van der Waals surface area (Å²) in [5.41, 5.74) is 9.22. The second-order valence-electron chi connectivity index (χ2n) is 9.24. The second-order valence-corrected chi connectivity index (χ2v) is 9.24. The normalized spacial score (nSPS) is 25.1. The number of benzene rings is 1. The van der Waals surface area contributed by atoms with Crippen LogP contribution in [0.2, 0.25) is 0 Å². The van der Waals surface area contributed by atoms with Crippen molar-refractivity contribution in [3.63, 3.8) is 0 Å². The molecule has 0 unspecified atom stereocenters. The van der Waals surface area contributed by atoms with Gasteiger partial charge in [0.25, 0.3) is 0 Å². The predicted octanol–water partition coefficient (Wildman–Crippen LogP) is 2.08. The van der Waals surface area contributed by atoms with Crippen LogP contribution < -0.4 is 20.3 Å². The first-order chi connectivity index (χ1) is 15.6. The molecule has 9 heteroatoms. The molecule has 3 aliphatic heterocycles. The van der Waals surface area contributed by atoms with E-state index >= 15 is 0 Å². The minimum atomic E-state index is 0.0970. The van der Waals surface area contributed by atoms with Crippen LogP contribution in [0.4, 0.5) is 11.6 Å². The lowest BCUT2D eigenvalue weighted by Crippen LogP contribution is -2.50. The van der Waals surface area contributed by atoms with Gasteiger partial charge in [0.15, 0.2) is 17.0 Å². The molecular weight excluding hydrogens is 406 g/mol. The van der Waals surface area contributed by atoms with Crippen molar-refractivity contribution in [1.82, 2.24) is 20.2 Å². The zero-order valence-electron chi connectivity index (χ0n) is 18.3. The number of ether oxygens (including phenoxy) is 2. The molecule has 1 spiro atoms. The monoisotopic (exact) mass is 435 g/mol. The van der Waals surface area contributed by atoms with Gasteiger partial charge in [-0.25, -0.2) is 9.97 Å². The topological polar surface area (TPSA) is 105 Å². The van der Waals surface area contributed by atoms with E-state index in [0.717, 1.165) is 74.1 Å². The van der Waals surface area contributed by atoms with Gasteiger partial charge in [0.05, 0.1) is 25.5 Å². The van der Waals surface area contributed by atoms with Crippen molar-refractivity contribution in [3.05, 3.63) is 36.0 Å². The number of aromatic amines is 1. The Morgan fingerprint density at radius 3 is 2.81 bits per heavy atom. The molecule has 2 fully saturated rings. The Balaban J connectivity index is 1.21. The average Bonchev–Trinajstić information content (AvgIpc) is 3.27.